The summed E-state index contributed by atoms with van der Waals surface area (Å²) in [7, 11) is 0. The molecular weight excluding hydrogens is 343 g/mol. The number of benzene rings is 2. The molecule has 0 aliphatic carbocycles. The summed E-state index contributed by atoms with van der Waals surface area (Å²) in [6.07, 6.45) is -3.89. The van der Waals surface area contributed by atoms with Gasteiger partial charge in [0.15, 0.2) is 11.6 Å². The van der Waals surface area contributed by atoms with Crippen LogP contribution < -0.4 is 10.6 Å². The van der Waals surface area contributed by atoms with Gasteiger partial charge in [0.1, 0.15) is 5.52 Å². The Morgan fingerprint density at radius 3 is 2.64 bits per heavy atom. The third-order valence-corrected chi connectivity index (χ3v) is 3.48. The number of hydrogen-bond donors (Lipinski definition) is 3. The molecule has 3 aromatic rings. The molecule has 132 valence electrons. The van der Waals surface area contributed by atoms with Gasteiger partial charge in [0.25, 0.3) is 0 Å². The van der Waals surface area contributed by atoms with E-state index in [2.05, 4.69) is 20.6 Å². The predicted molar refractivity (Wildman–Crippen MR) is 84.9 cm³/mol. The standard InChI is InChI=1S/C16H13F5N4/c17-10-2-1-3-11(14(10)18)25-9-6-12(22-5-4-16(19,20)21)15-13(7-9)23-8-24-15/h1-3,6-8,22,25H,4-5H2,(H,23,24). The van der Waals surface area contributed by atoms with Gasteiger partial charge in [0.05, 0.1) is 29.6 Å². The van der Waals surface area contributed by atoms with Crippen molar-refractivity contribution < 1.29 is 22.0 Å². The van der Waals surface area contributed by atoms with Crippen LogP contribution in [0.5, 0.6) is 0 Å². The van der Waals surface area contributed by atoms with E-state index in [1.165, 1.54) is 24.5 Å². The van der Waals surface area contributed by atoms with Crippen LogP contribution >= 0.6 is 0 Å². The molecule has 0 amide bonds. The van der Waals surface area contributed by atoms with Gasteiger partial charge in [-0.3, -0.25) is 0 Å². The number of halogens is 5. The lowest BCUT2D eigenvalue weighted by atomic mass is 10.2. The van der Waals surface area contributed by atoms with Crippen LogP contribution in [0.1, 0.15) is 6.42 Å². The first-order valence-electron chi connectivity index (χ1n) is 7.32. The van der Waals surface area contributed by atoms with Crippen LogP contribution in [0, 0.1) is 11.6 Å². The molecule has 0 spiro atoms. The summed E-state index contributed by atoms with van der Waals surface area (Å²) in [4.78, 5) is 6.89. The Hall–Kier alpha value is -2.84. The number of fused-ring (bicyclic) bond motifs is 1. The molecule has 1 aromatic heterocycles. The highest BCUT2D eigenvalue weighted by atomic mass is 19.4. The van der Waals surface area contributed by atoms with Crippen molar-refractivity contribution in [3.8, 4) is 0 Å². The average molecular weight is 356 g/mol. The molecule has 0 unspecified atom stereocenters. The lowest BCUT2D eigenvalue weighted by Crippen LogP contribution is -2.14. The van der Waals surface area contributed by atoms with Crippen LogP contribution in [0.3, 0.4) is 0 Å². The predicted octanol–water partition coefficient (Wildman–Crippen LogP) is 4.95. The van der Waals surface area contributed by atoms with E-state index in [1.54, 1.807) is 6.07 Å². The quantitative estimate of drug-likeness (QED) is 0.567. The molecule has 3 N–H and O–H groups in total. The Balaban J connectivity index is 1.87. The maximum absolute atomic E-state index is 13.8. The van der Waals surface area contributed by atoms with E-state index >= 15 is 0 Å². The molecule has 0 fully saturated rings. The number of imidazole rings is 1. The lowest BCUT2D eigenvalue weighted by molar-refractivity contribution is -0.131. The van der Waals surface area contributed by atoms with Gasteiger partial charge >= 0.3 is 6.18 Å². The fourth-order valence-corrected chi connectivity index (χ4v) is 2.35. The molecule has 0 radical (unpaired) electrons. The molecule has 2 aromatic carbocycles. The average Bonchev–Trinajstić information content (AvgIpc) is 2.99. The number of aromatic amines is 1. The van der Waals surface area contributed by atoms with E-state index in [4.69, 9.17) is 0 Å². The molecule has 3 rings (SSSR count). The summed E-state index contributed by atoms with van der Waals surface area (Å²) in [6, 6.07) is 6.78. The highest BCUT2D eigenvalue weighted by Gasteiger charge is 2.26. The fourth-order valence-electron chi connectivity index (χ4n) is 2.35. The normalized spacial score (nSPS) is 11.7. The van der Waals surface area contributed by atoms with Crippen LogP contribution in [-0.4, -0.2) is 22.7 Å². The molecule has 0 aliphatic heterocycles. The highest BCUT2D eigenvalue weighted by Crippen LogP contribution is 2.29. The molecule has 0 bridgehead atoms. The molecule has 1 heterocycles. The molecule has 0 saturated carbocycles. The Bertz CT molecular complexity index is 888. The number of nitrogens with zero attached hydrogens (tertiary/aromatic N) is 1. The molecule has 4 nitrogen and oxygen atoms in total. The van der Waals surface area contributed by atoms with Crippen molar-refractivity contribution in [1.29, 1.82) is 0 Å². The van der Waals surface area contributed by atoms with Crippen molar-refractivity contribution in [2.45, 2.75) is 12.6 Å². The minimum absolute atomic E-state index is 0.0832. The maximum atomic E-state index is 13.8. The third kappa shape index (κ3) is 3.98. The molecular formula is C16H13F5N4. The first-order valence-corrected chi connectivity index (χ1v) is 7.32. The number of nitrogens with one attached hydrogen (secondary N) is 3. The molecule has 25 heavy (non-hydrogen) atoms. The summed E-state index contributed by atoms with van der Waals surface area (Å²) in [6.45, 7) is -0.330. The topological polar surface area (TPSA) is 52.7 Å². The zero-order valence-corrected chi connectivity index (χ0v) is 12.7. The third-order valence-electron chi connectivity index (χ3n) is 3.48. The second kappa shape index (κ2) is 6.58. The number of aromatic nitrogens is 2. The van der Waals surface area contributed by atoms with Gasteiger partial charge in [-0.2, -0.15) is 13.2 Å². The summed E-state index contributed by atoms with van der Waals surface area (Å²) in [5.74, 6) is -2.05. The van der Waals surface area contributed by atoms with E-state index in [-0.39, 0.29) is 12.2 Å². The van der Waals surface area contributed by atoms with Crippen LogP contribution in [0.2, 0.25) is 0 Å². The Labute approximate surface area is 139 Å². The van der Waals surface area contributed by atoms with E-state index in [9.17, 15) is 22.0 Å². The van der Waals surface area contributed by atoms with E-state index in [1.807, 2.05) is 0 Å². The number of hydrogen-bond acceptors (Lipinski definition) is 3. The first-order chi connectivity index (χ1) is 11.8. The van der Waals surface area contributed by atoms with Gasteiger partial charge in [-0.1, -0.05) is 6.07 Å². The van der Waals surface area contributed by atoms with Gasteiger partial charge < -0.3 is 15.6 Å². The van der Waals surface area contributed by atoms with Crippen LogP contribution in [-0.2, 0) is 0 Å². The lowest BCUT2D eigenvalue weighted by Gasteiger charge is -2.13. The largest absolute Gasteiger partial charge is 0.390 e. The minimum atomic E-state index is -4.28. The monoisotopic (exact) mass is 356 g/mol. The van der Waals surface area contributed by atoms with Crippen molar-refractivity contribution in [1.82, 2.24) is 9.97 Å². The zero-order valence-electron chi connectivity index (χ0n) is 12.7. The second-order valence-corrected chi connectivity index (χ2v) is 5.34. The van der Waals surface area contributed by atoms with Crippen molar-refractivity contribution in [3.63, 3.8) is 0 Å². The van der Waals surface area contributed by atoms with Crippen molar-refractivity contribution in [2.75, 3.05) is 17.2 Å². The maximum Gasteiger partial charge on any atom is 0.390 e. The van der Waals surface area contributed by atoms with Gasteiger partial charge in [-0.05, 0) is 24.3 Å². The van der Waals surface area contributed by atoms with Crippen molar-refractivity contribution in [2.24, 2.45) is 0 Å². The summed E-state index contributed by atoms with van der Waals surface area (Å²) < 4.78 is 64.0. The molecule has 0 atom stereocenters. The van der Waals surface area contributed by atoms with Gasteiger partial charge in [0.2, 0.25) is 0 Å². The Morgan fingerprint density at radius 2 is 1.88 bits per heavy atom. The fraction of sp³-hybridized carbons (Fsp3) is 0.188. The van der Waals surface area contributed by atoms with Crippen LogP contribution in [0.4, 0.5) is 39.0 Å². The van der Waals surface area contributed by atoms with Crippen LogP contribution in [0.25, 0.3) is 11.0 Å². The van der Waals surface area contributed by atoms with Gasteiger partial charge in [-0.25, -0.2) is 13.8 Å². The number of anilines is 3. The van der Waals surface area contributed by atoms with E-state index < -0.39 is 24.2 Å². The van der Waals surface area contributed by atoms with Gasteiger partial charge in [0, 0.05) is 12.2 Å². The van der Waals surface area contributed by atoms with E-state index in [0.29, 0.717) is 22.4 Å². The van der Waals surface area contributed by atoms with Crippen molar-refractivity contribution >= 4 is 28.1 Å². The minimum Gasteiger partial charge on any atom is -0.383 e. The number of H-pyrrole nitrogens is 1. The smallest absolute Gasteiger partial charge is 0.383 e. The van der Waals surface area contributed by atoms with Crippen molar-refractivity contribution in [3.05, 3.63) is 48.3 Å². The zero-order chi connectivity index (χ0) is 18.0. The molecule has 0 saturated heterocycles. The first kappa shape index (κ1) is 17.0. The molecule has 0 aliphatic rings. The second-order valence-electron chi connectivity index (χ2n) is 5.34. The number of rotatable bonds is 5. The summed E-state index contributed by atoms with van der Waals surface area (Å²) >= 11 is 0. The SMILES string of the molecule is Fc1cccc(Nc2cc(NCCC(F)(F)F)c3nc[nH]c3c2)c1F. The Kier molecular flexibility index (Phi) is 4.47. The summed E-state index contributed by atoms with van der Waals surface area (Å²) in [5, 5.41) is 5.39. The molecule has 9 heteroatoms. The van der Waals surface area contributed by atoms with Gasteiger partial charge in [-0.15, -0.1) is 0 Å². The van der Waals surface area contributed by atoms with Crippen LogP contribution in [0.15, 0.2) is 36.7 Å². The Morgan fingerprint density at radius 1 is 1.08 bits per heavy atom. The van der Waals surface area contributed by atoms with E-state index in [0.717, 1.165) is 6.07 Å². The highest BCUT2D eigenvalue weighted by molar-refractivity contribution is 5.92. The number of alkyl halides is 3. The summed E-state index contributed by atoms with van der Waals surface area (Å²) in [5.41, 5.74) is 1.63.